The standard InChI is InChI=1S/C15H11NO4/c1-8-9(2)15-11(7-12(8)16(18)19)14(17)10-5-3-4-6-13(10)20-15/h3-7H,1-2H3. The van der Waals surface area contributed by atoms with Gasteiger partial charge in [0, 0.05) is 17.2 Å². The molecule has 0 spiro atoms. The first-order valence-corrected chi connectivity index (χ1v) is 6.11. The van der Waals surface area contributed by atoms with Crippen LogP contribution in [0.25, 0.3) is 21.9 Å². The predicted octanol–water partition coefficient (Wildman–Crippen LogP) is 3.47. The van der Waals surface area contributed by atoms with Gasteiger partial charge in [0.05, 0.1) is 15.7 Å². The molecule has 0 radical (unpaired) electrons. The first kappa shape index (κ1) is 12.3. The number of nitro benzene ring substituents is 1. The van der Waals surface area contributed by atoms with E-state index in [0.29, 0.717) is 27.7 Å². The van der Waals surface area contributed by atoms with Crippen molar-refractivity contribution in [3.05, 3.63) is 61.8 Å². The number of hydrogen-bond acceptors (Lipinski definition) is 4. The topological polar surface area (TPSA) is 73.3 Å². The first-order valence-electron chi connectivity index (χ1n) is 6.11. The SMILES string of the molecule is Cc1c([N+](=O)[O-])cc2c(=O)c3ccccc3oc2c1C. The van der Waals surface area contributed by atoms with Crippen molar-refractivity contribution in [3.63, 3.8) is 0 Å². The maximum absolute atomic E-state index is 12.4. The van der Waals surface area contributed by atoms with Crippen LogP contribution in [-0.2, 0) is 0 Å². The van der Waals surface area contributed by atoms with E-state index in [9.17, 15) is 14.9 Å². The molecule has 5 heteroatoms. The Balaban J connectivity index is 2.59. The Hall–Kier alpha value is -2.69. The molecule has 1 aromatic heterocycles. The van der Waals surface area contributed by atoms with Crippen molar-refractivity contribution < 1.29 is 9.34 Å². The molecule has 0 saturated carbocycles. The van der Waals surface area contributed by atoms with Gasteiger partial charge >= 0.3 is 0 Å². The lowest BCUT2D eigenvalue weighted by molar-refractivity contribution is -0.385. The van der Waals surface area contributed by atoms with E-state index in [1.54, 1.807) is 38.1 Å². The van der Waals surface area contributed by atoms with Crippen LogP contribution < -0.4 is 5.43 Å². The van der Waals surface area contributed by atoms with Crippen LogP contribution in [0.1, 0.15) is 11.1 Å². The van der Waals surface area contributed by atoms with E-state index < -0.39 is 4.92 Å². The second-order valence-electron chi connectivity index (χ2n) is 4.71. The number of benzene rings is 2. The number of nitrogens with zero attached hydrogens (tertiary/aromatic N) is 1. The van der Waals surface area contributed by atoms with Crippen LogP contribution in [0.5, 0.6) is 0 Å². The Bertz CT molecular complexity index is 924. The van der Waals surface area contributed by atoms with Crippen LogP contribution in [0.4, 0.5) is 5.69 Å². The molecule has 0 unspecified atom stereocenters. The molecule has 1 heterocycles. The zero-order chi connectivity index (χ0) is 14.4. The third-order valence-electron chi connectivity index (χ3n) is 3.60. The quantitative estimate of drug-likeness (QED) is 0.385. The van der Waals surface area contributed by atoms with E-state index in [2.05, 4.69) is 0 Å². The number of nitro groups is 1. The summed E-state index contributed by atoms with van der Waals surface area (Å²) in [5.74, 6) is 0. The fourth-order valence-electron chi connectivity index (χ4n) is 2.36. The molecule has 5 nitrogen and oxygen atoms in total. The maximum atomic E-state index is 12.4. The summed E-state index contributed by atoms with van der Waals surface area (Å²) in [4.78, 5) is 23.0. The Labute approximate surface area is 113 Å². The highest BCUT2D eigenvalue weighted by atomic mass is 16.6. The number of para-hydroxylation sites is 1. The van der Waals surface area contributed by atoms with Gasteiger partial charge in [-0.2, -0.15) is 0 Å². The summed E-state index contributed by atoms with van der Waals surface area (Å²) in [6, 6.07) is 8.19. The summed E-state index contributed by atoms with van der Waals surface area (Å²) < 4.78 is 5.75. The molecule has 0 aliphatic carbocycles. The molecular weight excluding hydrogens is 258 g/mol. The summed E-state index contributed by atoms with van der Waals surface area (Å²) in [5, 5.41) is 11.7. The van der Waals surface area contributed by atoms with Crippen molar-refractivity contribution in [1.82, 2.24) is 0 Å². The third-order valence-corrected chi connectivity index (χ3v) is 3.60. The third kappa shape index (κ3) is 1.60. The van der Waals surface area contributed by atoms with Gasteiger partial charge in [-0.15, -0.1) is 0 Å². The number of aryl methyl sites for hydroxylation is 1. The average molecular weight is 269 g/mol. The van der Waals surface area contributed by atoms with E-state index in [1.165, 1.54) is 6.07 Å². The van der Waals surface area contributed by atoms with Gasteiger partial charge in [-0.3, -0.25) is 14.9 Å². The second kappa shape index (κ2) is 4.16. The van der Waals surface area contributed by atoms with Gasteiger partial charge in [-0.05, 0) is 26.0 Å². The minimum absolute atomic E-state index is 0.0578. The van der Waals surface area contributed by atoms with E-state index >= 15 is 0 Å². The van der Waals surface area contributed by atoms with Crippen LogP contribution in [0.2, 0.25) is 0 Å². The largest absolute Gasteiger partial charge is 0.456 e. The lowest BCUT2D eigenvalue weighted by Crippen LogP contribution is -2.05. The monoisotopic (exact) mass is 269 g/mol. The molecule has 0 saturated heterocycles. The maximum Gasteiger partial charge on any atom is 0.273 e. The van der Waals surface area contributed by atoms with Gasteiger partial charge in [0.1, 0.15) is 11.2 Å². The molecule has 20 heavy (non-hydrogen) atoms. The average Bonchev–Trinajstić information content (AvgIpc) is 2.43. The van der Waals surface area contributed by atoms with Crippen LogP contribution in [0.3, 0.4) is 0 Å². The van der Waals surface area contributed by atoms with Crippen molar-refractivity contribution in [3.8, 4) is 0 Å². The van der Waals surface area contributed by atoms with Gasteiger partial charge < -0.3 is 4.42 Å². The Morgan fingerprint density at radius 1 is 1.10 bits per heavy atom. The molecule has 3 aromatic rings. The summed E-state index contributed by atoms with van der Waals surface area (Å²) in [7, 11) is 0. The normalized spacial score (nSPS) is 11.1. The molecule has 0 aliphatic rings. The number of fused-ring (bicyclic) bond motifs is 2. The van der Waals surface area contributed by atoms with Crippen molar-refractivity contribution in [2.24, 2.45) is 0 Å². The molecular formula is C15H11NO4. The molecule has 0 bridgehead atoms. The fraction of sp³-hybridized carbons (Fsp3) is 0.133. The highest BCUT2D eigenvalue weighted by molar-refractivity contribution is 5.93. The van der Waals surface area contributed by atoms with E-state index in [1.807, 2.05) is 0 Å². The minimum atomic E-state index is -0.476. The minimum Gasteiger partial charge on any atom is -0.456 e. The molecule has 0 N–H and O–H groups in total. The molecule has 0 atom stereocenters. The van der Waals surface area contributed by atoms with Crippen molar-refractivity contribution in [2.45, 2.75) is 13.8 Å². The highest BCUT2D eigenvalue weighted by Crippen LogP contribution is 2.30. The van der Waals surface area contributed by atoms with Crippen LogP contribution in [0, 0.1) is 24.0 Å². The molecule has 0 aliphatic heterocycles. The predicted molar refractivity (Wildman–Crippen MR) is 76.1 cm³/mol. The second-order valence-corrected chi connectivity index (χ2v) is 4.71. The lowest BCUT2D eigenvalue weighted by atomic mass is 10.0. The van der Waals surface area contributed by atoms with Gasteiger partial charge in [-0.25, -0.2) is 0 Å². The highest BCUT2D eigenvalue weighted by Gasteiger charge is 2.19. The van der Waals surface area contributed by atoms with Crippen LogP contribution in [0.15, 0.2) is 39.5 Å². The van der Waals surface area contributed by atoms with Crippen LogP contribution in [-0.4, -0.2) is 4.92 Å². The van der Waals surface area contributed by atoms with E-state index in [4.69, 9.17) is 4.42 Å². The Morgan fingerprint density at radius 3 is 2.50 bits per heavy atom. The fourth-order valence-corrected chi connectivity index (χ4v) is 2.36. The Morgan fingerprint density at radius 2 is 1.80 bits per heavy atom. The molecule has 2 aromatic carbocycles. The molecule has 0 fully saturated rings. The summed E-state index contributed by atoms with van der Waals surface area (Å²) in [6.07, 6.45) is 0. The number of rotatable bonds is 1. The molecule has 3 rings (SSSR count). The lowest BCUT2D eigenvalue weighted by Gasteiger charge is -2.07. The zero-order valence-electron chi connectivity index (χ0n) is 11.0. The van der Waals surface area contributed by atoms with Gasteiger partial charge in [0.2, 0.25) is 5.43 Å². The van der Waals surface area contributed by atoms with Gasteiger partial charge in [0.25, 0.3) is 5.69 Å². The number of hydrogen-bond donors (Lipinski definition) is 0. The van der Waals surface area contributed by atoms with Crippen molar-refractivity contribution >= 4 is 27.6 Å². The van der Waals surface area contributed by atoms with Crippen molar-refractivity contribution in [1.29, 1.82) is 0 Å². The smallest absolute Gasteiger partial charge is 0.273 e. The Kier molecular flexibility index (Phi) is 2.57. The zero-order valence-corrected chi connectivity index (χ0v) is 11.0. The van der Waals surface area contributed by atoms with Crippen molar-refractivity contribution in [2.75, 3.05) is 0 Å². The molecule has 100 valence electrons. The van der Waals surface area contributed by atoms with Crippen LogP contribution >= 0.6 is 0 Å². The van der Waals surface area contributed by atoms with E-state index in [-0.39, 0.29) is 16.5 Å². The van der Waals surface area contributed by atoms with E-state index in [0.717, 1.165) is 0 Å². The summed E-state index contributed by atoms with van der Waals surface area (Å²) in [6.45, 7) is 3.38. The summed E-state index contributed by atoms with van der Waals surface area (Å²) >= 11 is 0. The molecule has 0 amide bonds. The van der Waals surface area contributed by atoms with Gasteiger partial charge in [0.15, 0.2) is 0 Å². The first-order chi connectivity index (χ1) is 9.50. The summed E-state index contributed by atoms with van der Waals surface area (Å²) in [5.41, 5.74) is 1.74. The van der Waals surface area contributed by atoms with Gasteiger partial charge in [-0.1, -0.05) is 12.1 Å².